The van der Waals surface area contributed by atoms with Gasteiger partial charge in [0.1, 0.15) is 16.5 Å². The van der Waals surface area contributed by atoms with Crippen molar-refractivity contribution in [2.24, 2.45) is 0 Å². The van der Waals surface area contributed by atoms with E-state index >= 15 is 0 Å². The Morgan fingerprint density at radius 3 is 2.27 bits per heavy atom. The molecular formula is C14H10F4O3S. The number of hydrogen-bond acceptors (Lipinski definition) is 3. The summed E-state index contributed by atoms with van der Waals surface area (Å²) >= 11 is 0. The number of aryl methyl sites for hydroxylation is 1. The van der Waals surface area contributed by atoms with Crippen LogP contribution in [0.25, 0.3) is 0 Å². The predicted octanol–water partition coefficient (Wildman–Crippen LogP) is 3.92. The molecule has 0 N–H and O–H groups in total. The van der Waals surface area contributed by atoms with Gasteiger partial charge in [0.15, 0.2) is 0 Å². The Morgan fingerprint density at radius 2 is 1.68 bits per heavy atom. The highest BCUT2D eigenvalue weighted by molar-refractivity contribution is 7.87. The molecule has 0 unspecified atom stereocenters. The predicted molar refractivity (Wildman–Crippen MR) is 70.4 cm³/mol. The van der Waals surface area contributed by atoms with E-state index in [0.717, 1.165) is 0 Å². The van der Waals surface area contributed by atoms with E-state index in [2.05, 4.69) is 0 Å². The molecule has 0 spiro atoms. The van der Waals surface area contributed by atoms with Crippen molar-refractivity contribution >= 4 is 10.1 Å². The third-order valence-electron chi connectivity index (χ3n) is 2.82. The van der Waals surface area contributed by atoms with Crippen LogP contribution in [-0.4, -0.2) is 8.42 Å². The van der Waals surface area contributed by atoms with Crippen LogP contribution in [-0.2, 0) is 16.3 Å². The van der Waals surface area contributed by atoms with Gasteiger partial charge in [-0.3, -0.25) is 0 Å². The lowest BCUT2D eigenvalue weighted by Gasteiger charge is -2.12. The van der Waals surface area contributed by atoms with Crippen molar-refractivity contribution in [3.05, 3.63) is 59.4 Å². The van der Waals surface area contributed by atoms with Gasteiger partial charge < -0.3 is 4.18 Å². The van der Waals surface area contributed by atoms with Crippen LogP contribution in [0.1, 0.15) is 11.1 Å². The Morgan fingerprint density at radius 1 is 1.05 bits per heavy atom. The van der Waals surface area contributed by atoms with Crippen molar-refractivity contribution in [3.63, 3.8) is 0 Å². The lowest BCUT2D eigenvalue weighted by molar-refractivity contribution is -0.137. The molecule has 118 valence electrons. The monoisotopic (exact) mass is 334 g/mol. The Kier molecular flexibility index (Phi) is 4.15. The highest BCUT2D eigenvalue weighted by Crippen LogP contribution is 2.32. The zero-order chi connectivity index (χ0) is 16.5. The molecule has 0 saturated heterocycles. The molecule has 2 rings (SSSR count). The van der Waals surface area contributed by atoms with Crippen molar-refractivity contribution in [3.8, 4) is 5.75 Å². The van der Waals surface area contributed by atoms with Gasteiger partial charge in [-0.2, -0.15) is 21.6 Å². The second-order valence-electron chi connectivity index (χ2n) is 4.45. The number of alkyl halides is 3. The van der Waals surface area contributed by atoms with Crippen LogP contribution < -0.4 is 4.18 Å². The molecule has 8 heteroatoms. The smallest absolute Gasteiger partial charge is 0.379 e. The first-order valence-corrected chi connectivity index (χ1v) is 7.39. The lowest BCUT2D eigenvalue weighted by Crippen LogP contribution is -2.14. The van der Waals surface area contributed by atoms with E-state index in [1.807, 2.05) is 0 Å². The molecule has 22 heavy (non-hydrogen) atoms. The van der Waals surface area contributed by atoms with Crippen LogP contribution >= 0.6 is 0 Å². The van der Waals surface area contributed by atoms with Crippen LogP contribution in [0.15, 0.2) is 47.4 Å². The number of para-hydroxylation sites is 1. The maximum absolute atomic E-state index is 13.6. The normalized spacial score (nSPS) is 12.2. The first-order valence-electron chi connectivity index (χ1n) is 5.98. The van der Waals surface area contributed by atoms with Crippen molar-refractivity contribution in [2.75, 3.05) is 0 Å². The van der Waals surface area contributed by atoms with Crippen LogP contribution in [0.2, 0.25) is 0 Å². The molecule has 3 nitrogen and oxygen atoms in total. The Balaban J connectivity index is 2.48. The van der Waals surface area contributed by atoms with E-state index < -0.39 is 32.6 Å². The fourth-order valence-corrected chi connectivity index (χ4v) is 2.78. The molecule has 0 atom stereocenters. The van der Waals surface area contributed by atoms with Gasteiger partial charge in [-0.1, -0.05) is 18.2 Å². The molecule has 2 aromatic rings. The molecule has 0 bridgehead atoms. The number of halogens is 4. The lowest BCUT2D eigenvalue weighted by atomic mass is 10.2. The molecule has 0 aliphatic carbocycles. The Bertz CT molecular complexity index is 798. The average molecular weight is 334 g/mol. The Hall–Kier alpha value is -2.09. The van der Waals surface area contributed by atoms with E-state index in [4.69, 9.17) is 4.18 Å². The van der Waals surface area contributed by atoms with Crippen LogP contribution in [0.3, 0.4) is 0 Å². The van der Waals surface area contributed by atoms with Crippen molar-refractivity contribution in [2.45, 2.75) is 18.0 Å². The summed E-state index contributed by atoms with van der Waals surface area (Å²) in [5.74, 6) is -1.40. The number of benzene rings is 2. The average Bonchev–Trinajstić information content (AvgIpc) is 2.40. The summed E-state index contributed by atoms with van der Waals surface area (Å²) in [7, 11) is -4.72. The van der Waals surface area contributed by atoms with Crippen molar-refractivity contribution < 1.29 is 30.2 Å². The molecule has 0 radical (unpaired) electrons. The minimum absolute atomic E-state index is 0.0840. The third-order valence-corrected chi connectivity index (χ3v) is 4.07. The molecule has 0 aliphatic heterocycles. The van der Waals surface area contributed by atoms with Gasteiger partial charge >= 0.3 is 16.3 Å². The second-order valence-corrected chi connectivity index (χ2v) is 5.96. The number of hydrogen-bond donors (Lipinski definition) is 0. The minimum Gasteiger partial charge on any atom is -0.379 e. The zero-order valence-corrected chi connectivity index (χ0v) is 12.0. The summed E-state index contributed by atoms with van der Waals surface area (Å²) < 4.78 is 80.3. The molecular weight excluding hydrogens is 324 g/mol. The first kappa shape index (κ1) is 16.3. The van der Waals surface area contributed by atoms with Gasteiger partial charge in [0.25, 0.3) is 0 Å². The molecule has 0 heterocycles. The molecule has 0 saturated carbocycles. The van der Waals surface area contributed by atoms with Gasteiger partial charge in [-0.15, -0.1) is 0 Å². The van der Waals surface area contributed by atoms with Gasteiger partial charge in [-0.25, -0.2) is 4.39 Å². The summed E-state index contributed by atoms with van der Waals surface area (Å²) in [5, 5.41) is 0. The topological polar surface area (TPSA) is 43.4 Å². The highest BCUT2D eigenvalue weighted by atomic mass is 32.2. The first-order chi connectivity index (χ1) is 10.1. The molecule has 0 aliphatic rings. The SMILES string of the molecule is Cc1ccccc1OS(=O)(=O)c1cc(C(F)(F)F)ccc1F. The summed E-state index contributed by atoms with van der Waals surface area (Å²) in [6.45, 7) is 1.55. The molecule has 2 aromatic carbocycles. The van der Waals surface area contributed by atoms with E-state index in [1.165, 1.54) is 12.1 Å². The standard InChI is InChI=1S/C14H10F4O3S/c1-9-4-2-3-5-12(9)21-22(19,20)13-8-10(14(16,17)18)6-7-11(13)15/h2-8H,1H3. The molecule has 0 aromatic heterocycles. The van der Waals surface area contributed by atoms with Gasteiger partial charge in [-0.05, 0) is 36.8 Å². The van der Waals surface area contributed by atoms with Gasteiger partial charge in [0, 0.05) is 0 Å². The second kappa shape index (κ2) is 5.60. The van der Waals surface area contributed by atoms with Crippen LogP contribution in [0.5, 0.6) is 5.75 Å². The summed E-state index contributed by atoms with van der Waals surface area (Å²) in [6, 6.07) is 7.09. The number of rotatable bonds is 3. The Labute approximate surface area is 124 Å². The minimum atomic E-state index is -4.79. The quantitative estimate of drug-likeness (QED) is 0.631. The van der Waals surface area contributed by atoms with E-state index in [0.29, 0.717) is 17.7 Å². The molecule has 0 fully saturated rings. The van der Waals surface area contributed by atoms with Crippen molar-refractivity contribution in [1.82, 2.24) is 0 Å². The summed E-state index contributed by atoms with van der Waals surface area (Å²) in [4.78, 5) is -1.16. The third kappa shape index (κ3) is 3.38. The summed E-state index contributed by atoms with van der Waals surface area (Å²) in [6.07, 6.45) is -4.79. The van der Waals surface area contributed by atoms with Crippen LogP contribution in [0.4, 0.5) is 17.6 Å². The highest BCUT2D eigenvalue weighted by Gasteiger charge is 2.33. The van der Waals surface area contributed by atoms with E-state index in [9.17, 15) is 26.0 Å². The maximum Gasteiger partial charge on any atom is 0.416 e. The zero-order valence-electron chi connectivity index (χ0n) is 11.2. The van der Waals surface area contributed by atoms with E-state index in [-0.39, 0.29) is 11.8 Å². The summed E-state index contributed by atoms with van der Waals surface area (Å²) in [5.41, 5.74) is -0.834. The van der Waals surface area contributed by atoms with Crippen molar-refractivity contribution in [1.29, 1.82) is 0 Å². The van der Waals surface area contributed by atoms with Gasteiger partial charge in [0.2, 0.25) is 0 Å². The largest absolute Gasteiger partial charge is 0.416 e. The van der Waals surface area contributed by atoms with Crippen LogP contribution in [0, 0.1) is 12.7 Å². The van der Waals surface area contributed by atoms with E-state index in [1.54, 1.807) is 19.1 Å². The molecule has 0 amide bonds. The fourth-order valence-electron chi connectivity index (χ4n) is 1.68. The maximum atomic E-state index is 13.6. The fraction of sp³-hybridized carbons (Fsp3) is 0.143. The van der Waals surface area contributed by atoms with Gasteiger partial charge in [0.05, 0.1) is 5.56 Å².